The van der Waals surface area contributed by atoms with Gasteiger partial charge in [-0.3, -0.25) is 0 Å². The van der Waals surface area contributed by atoms with Gasteiger partial charge < -0.3 is 14.2 Å². The SMILES string of the molecule is C=C(C)C(=O)Oc1ccc(OC(=O)OC)c2cc(Cl)ccc12. The first-order valence-corrected chi connectivity index (χ1v) is 6.66. The molecule has 0 atom stereocenters. The molecule has 5 nitrogen and oxygen atoms in total. The fourth-order valence-corrected chi connectivity index (χ4v) is 1.93. The van der Waals surface area contributed by atoms with Crippen LogP contribution >= 0.6 is 11.6 Å². The minimum absolute atomic E-state index is 0.250. The van der Waals surface area contributed by atoms with Crippen LogP contribution < -0.4 is 9.47 Å². The molecule has 0 aromatic heterocycles. The van der Waals surface area contributed by atoms with E-state index in [-0.39, 0.29) is 11.3 Å². The largest absolute Gasteiger partial charge is 0.513 e. The first-order chi connectivity index (χ1) is 10.4. The molecular weight excluding hydrogens is 308 g/mol. The van der Waals surface area contributed by atoms with Gasteiger partial charge in [0, 0.05) is 21.4 Å². The number of carbonyl (C=O) groups is 2. The smallest absolute Gasteiger partial charge is 0.437 e. The monoisotopic (exact) mass is 320 g/mol. The van der Waals surface area contributed by atoms with Crippen molar-refractivity contribution in [3.63, 3.8) is 0 Å². The Morgan fingerprint density at radius 2 is 1.68 bits per heavy atom. The molecule has 0 aliphatic heterocycles. The van der Waals surface area contributed by atoms with Crippen LogP contribution in [0.2, 0.25) is 5.02 Å². The van der Waals surface area contributed by atoms with Crippen molar-refractivity contribution < 1.29 is 23.8 Å². The Balaban J connectivity index is 2.53. The second-order valence-corrected chi connectivity index (χ2v) is 4.91. The predicted octanol–water partition coefficient (Wildman–Crippen LogP) is 4.12. The van der Waals surface area contributed by atoms with Gasteiger partial charge in [0.25, 0.3) is 0 Å². The predicted molar refractivity (Wildman–Crippen MR) is 82.4 cm³/mol. The molecule has 114 valence electrons. The van der Waals surface area contributed by atoms with Crippen LogP contribution in [0, 0.1) is 0 Å². The van der Waals surface area contributed by atoms with Crippen LogP contribution in [0.15, 0.2) is 42.5 Å². The van der Waals surface area contributed by atoms with Crippen LogP contribution in [0.1, 0.15) is 6.92 Å². The molecule has 0 aliphatic carbocycles. The third-order valence-electron chi connectivity index (χ3n) is 2.81. The molecule has 2 aromatic rings. The van der Waals surface area contributed by atoms with E-state index in [1.165, 1.54) is 19.2 Å². The second kappa shape index (κ2) is 6.49. The van der Waals surface area contributed by atoms with Crippen molar-refractivity contribution >= 4 is 34.5 Å². The summed E-state index contributed by atoms with van der Waals surface area (Å²) < 4.78 is 14.8. The summed E-state index contributed by atoms with van der Waals surface area (Å²) in [6.07, 6.45) is -0.854. The van der Waals surface area contributed by atoms with Gasteiger partial charge in [-0.25, -0.2) is 9.59 Å². The number of benzene rings is 2. The van der Waals surface area contributed by atoms with Crippen LogP contribution in [0.5, 0.6) is 11.5 Å². The summed E-state index contributed by atoms with van der Waals surface area (Å²) in [6.45, 7) is 5.08. The van der Waals surface area contributed by atoms with E-state index in [9.17, 15) is 9.59 Å². The Morgan fingerprint density at radius 3 is 2.27 bits per heavy atom. The van der Waals surface area contributed by atoms with E-state index in [2.05, 4.69) is 11.3 Å². The molecular formula is C16H13ClO5. The Bertz CT molecular complexity index is 766. The first kappa shape index (κ1) is 15.9. The van der Waals surface area contributed by atoms with E-state index < -0.39 is 12.1 Å². The molecule has 0 aliphatic rings. The Hall–Kier alpha value is -2.53. The van der Waals surface area contributed by atoms with Crippen LogP contribution in [-0.4, -0.2) is 19.2 Å². The number of hydrogen-bond donors (Lipinski definition) is 0. The fraction of sp³-hybridized carbons (Fsp3) is 0.125. The zero-order valence-corrected chi connectivity index (χ0v) is 12.8. The van der Waals surface area contributed by atoms with Gasteiger partial charge in [0.15, 0.2) is 0 Å². The summed E-state index contributed by atoms with van der Waals surface area (Å²) in [5.74, 6) is 0.0224. The Labute approximate surface area is 132 Å². The Morgan fingerprint density at radius 1 is 1.05 bits per heavy atom. The molecule has 0 bridgehead atoms. The second-order valence-electron chi connectivity index (χ2n) is 4.48. The third kappa shape index (κ3) is 3.38. The number of carbonyl (C=O) groups excluding carboxylic acids is 2. The number of ether oxygens (including phenoxy) is 3. The number of hydrogen-bond acceptors (Lipinski definition) is 5. The van der Waals surface area contributed by atoms with E-state index in [1.54, 1.807) is 25.1 Å². The number of rotatable bonds is 3. The van der Waals surface area contributed by atoms with Crippen LogP contribution in [0.4, 0.5) is 4.79 Å². The maximum atomic E-state index is 11.7. The van der Waals surface area contributed by atoms with Crippen molar-refractivity contribution in [2.45, 2.75) is 6.92 Å². The van der Waals surface area contributed by atoms with Gasteiger partial charge in [0.1, 0.15) is 11.5 Å². The van der Waals surface area contributed by atoms with Crippen LogP contribution in [-0.2, 0) is 9.53 Å². The Kier molecular flexibility index (Phi) is 4.68. The van der Waals surface area contributed by atoms with E-state index in [0.29, 0.717) is 21.5 Å². The molecule has 0 amide bonds. The van der Waals surface area contributed by atoms with Crippen molar-refractivity contribution in [3.05, 3.63) is 47.5 Å². The summed E-state index contributed by atoms with van der Waals surface area (Å²) in [7, 11) is 1.21. The summed E-state index contributed by atoms with van der Waals surface area (Å²) in [5.41, 5.74) is 0.275. The lowest BCUT2D eigenvalue weighted by Gasteiger charge is -2.11. The number of esters is 1. The summed E-state index contributed by atoms with van der Waals surface area (Å²) in [6, 6.07) is 7.94. The van der Waals surface area contributed by atoms with Crippen molar-refractivity contribution in [1.82, 2.24) is 0 Å². The lowest BCUT2D eigenvalue weighted by molar-refractivity contribution is -0.129. The van der Waals surface area contributed by atoms with Crippen molar-refractivity contribution in [2.24, 2.45) is 0 Å². The minimum Gasteiger partial charge on any atom is -0.437 e. The van der Waals surface area contributed by atoms with Gasteiger partial charge in [0.2, 0.25) is 0 Å². The molecule has 0 saturated heterocycles. The highest BCUT2D eigenvalue weighted by atomic mass is 35.5. The van der Waals surface area contributed by atoms with Gasteiger partial charge >= 0.3 is 12.1 Å². The van der Waals surface area contributed by atoms with Gasteiger partial charge in [0.05, 0.1) is 7.11 Å². The maximum absolute atomic E-state index is 11.7. The molecule has 0 radical (unpaired) electrons. The molecule has 0 spiro atoms. The third-order valence-corrected chi connectivity index (χ3v) is 3.04. The minimum atomic E-state index is -0.854. The normalized spacial score (nSPS) is 10.1. The quantitative estimate of drug-likeness (QED) is 0.368. The highest BCUT2D eigenvalue weighted by Gasteiger charge is 2.14. The van der Waals surface area contributed by atoms with E-state index >= 15 is 0 Å². The highest BCUT2D eigenvalue weighted by Crippen LogP contribution is 2.35. The summed E-state index contributed by atoms with van der Waals surface area (Å²) in [5, 5.41) is 1.54. The molecule has 2 aromatic carbocycles. The number of halogens is 1. The molecule has 0 N–H and O–H groups in total. The van der Waals surface area contributed by atoms with Gasteiger partial charge in [-0.15, -0.1) is 0 Å². The summed E-state index contributed by atoms with van der Waals surface area (Å²) in [4.78, 5) is 23.0. The molecule has 0 unspecified atom stereocenters. The molecule has 0 heterocycles. The van der Waals surface area contributed by atoms with E-state index in [1.807, 2.05) is 0 Å². The van der Waals surface area contributed by atoms with Crippen molar-refractivity contribution in [1.29, 1.82) is 0 Å². The molecule has 6 heteroatoms. The number of fused-ring (bicyclic) bond motifs is 1. The zero-order valence-electron chi connectivity index (χ0n) is 12.0. The molecule has 0 saturated carbocycles. The van der Waals surface area contributed by atoms with E-state index in [0.717, 1.165) is 0 Å². The number of methoxy groups -OCH3 is 1. The molecule has 0 fully saturated rings. The van der Waals surface area contributed by atoms with Crippen molar-refractivity contribution in [3.8, 4) is 11.5 Å². The van der Waals surface area contributed by atoms with Gasteiger partial charge in [-0.1, -0.05) is 18.2 Å². The lowest BCUT2D eigenvalue weighted by Crippen LogP contribution is -2.10. The fourth-order valence-electron chi connectivity index (χ4n) is 1.76. The summed E-state index contributed by atoms with van der Waals surface area (Å²) >= 11 is 5.98. The van der Waals surface area contributed by atoms with Gasteiger partial charge in [-0.05, 0) is 37.3 Å². The maximum Gasteiger partial charge on any atom is 0.513 e. The average molecular weight is 321 g/mol. The average Bonchev–Trinajstić information content (AvgIpc) is 2.49. The molecule has 22 heavy (non-hydrogen) atoms. The van der Waals surface area contributed by atoms with Crippen molar-refractivity contribution in [2.75, 3.05) is 7.11 Å². The highest BCUT2D eigenvalue weighted by molar-refractivity contribution is 6.31. The lowest BCUT2D eigenvalue weighted by atomic mass is 10.1. The first-order valence-electron chi connectivity index (χ1n) is 6.28. The van der Waals surface area contributed by atoms with Crippen LogP contribution in [0.3, 0.4) is 0 Å². The standard InChI is InChI=1S/C16H13ClO5/c1-9(2)15(18)21-13-6-7-14(22-16(19)20-3)12-8-10(17)4-5-11(12)13/h4-8H,1H2,2-3H3. The molecule has 2 rings (SSSR count). The topological polar surface area (TPSA) is 61.8 Å². The zero-order chi connectivity index (χ0) is 16.3. The van der Waals surface area contributed by atoms with Crippen LogP contribution in [0.25, 0.3) is 10.8 Å². The van der Waals surface area contributed by atoms with Gasteiger partial charge in [-0.2, -0.15) is 0 Å². The van der Waals surface area contributed by atoms with E-state index in [4.69, 9.17) is 21.1 Å².